The van der Waals surface area contributed by atoms with Gasteiger partial charge in [-0.3, -0.25) is 4.79 Å². The highest BCUT2D eigenvalue weighted by Gasteiger charge is 2.33. The zero-order chi connectivity index (χ0) is 19.0. The minimum Gasteiger partial charge on any atom is -0.438 e. The quantitative estimate of drug-likeness (QED) is 0.696. The van der Waals surface area contributed by atoms with E-state index >= 15 is 0 Å². The highest BCUT2D eigenvalue weighted by atomic mass is 19.3. The van der Waals surface area contributed by atoms with Crippen LogP contribution >= 0.6 is 0 Å². The van der Waals surface area contributed by atoms with Crippen molar-refractivity contribution in [3.8, 4) is 5.88 Å². The first-order valence-corrected chi connectivity index (χ1v) is 8.68. The van der Waals surface area contributed by atoms with Gasteiger partial charge < -0.3 is 14.1 Å². The Hall–Kier alpha value is -2.97. The molecule has 0 saturated carbocycles. The highest BCUT2D eigenvalue weighted by molar-refractivity contribution is 5.93. The number of hydrogen-bond donors (Lipinski definition) is 0. The van der Waals surface area contributed by atoms with Gasteiger partial charge in [0.15, 0.2) is 11.3 Å². The molecule has 0 radical (unpaired) electrons. The fourth-order valence-corrected chi connectivity index (χ4v) is 3.37. The number of alkyl halides is 2. The van der Waals surface area contributed by atoms with E-state index in [-0.39, 0.29) is 23.5 Å². The van der Waals surface area contributed by atoms with E-state index in [9.17, 15) is 13.6 Å². The molecule has 142 valence electrons. The van der Waals surface area contributed by atoms with Crippen molar-refractivity contribution in [1.29, 1.82) is 0 Å². The van der Waals surface area contributed by atoms with Crippen LogP contribution in [0.25, 0.3) is 11.1 Å². The lowest BCUT2D eigenvalue weighted by Gasteiger charge is -2.33. The van der Waals surface area contributed by atoms with Crippen molar-refractivity contribution < 1.29 is 22.7 Å². The van der Waals surface area contributed by atoms with Gasteiger partial charge >= 0.3 is 6.61 Å². The number of aryl methyl sites for hydroxylation is 1. The highest BCUT2D eigenvalue weighted by Crippen LogP contribution is 2.33. The summed E-state index contributed by atoms with van der Waals surface area (Å²) in [6, 6.07) is 8.32. The molecule has 0 aliphatic carbocycles. The smallest absolute Gasteiger partial charge is 0.388 e. The fourth-order valence-electron chi connectivity index (χ4n) is 3.37. The Morgan fingerprint density at radius 2 is 2.15 bits per heavy atom. The maximum atomic E-state index is 13.0. The van der Waals surface area contributed by atoms with Gasteiger partial charge in [-0.15, -0.1) is 0 Å². The maximum Gasteiger partial charge on any atom is 0.388 e. The normalized spacial score (nSPS) is 17.6. The largest absolute Gasteiger partial charge is 0.438 e. The van der Waals surface area contributed by atoms with Gasteiger partial charge in [-0.05, 0) is 31.4 Å². The zero-order valence-electron chi connectivity index (χ0n) is 14.6. The number of halogens is 2. The number of aromatic nitrogens is 3. The third kappa shape index (κ3) is 3.36. The number of likely N-dealkylation sites (tertiary alicyclic amines) is 1. The summed E-state index contributed by atoms with van der Waals surface area (Å²) in [4.78, 5) is 19.1. The summed E-state index contributed by atoms with van der Waals surface area (Å²) in [7, 11) is 1.45. The SMILES string of the molecule is Cn1nc(C(=O)N2CCCCC2c2nc3ccccc3o2)cc1OC(F)F. The van der Waals surface area contributed by atoms with Crippen molar-refractivity contribution in [1.82, 2.24) is 19.7 Å². The molecule has 3 aromatic rings. The molecule has 27 heavy (non-hydrogen) atoms. The van der Waals surface area contributed by atoms with Gasteiger partial charge in [0.2, 0.25) is 11.8 Å². The van der Waals surface area contributed by atoms with Crippen LogP contribution in [-0.2, 0) is 7.05 Å². The van der Waals surface area contributed by atoms with E-state index in [0.29, 0.717) is 24.4 Å². The average Bonchev–Trinajstić information content (AvgIpc) is 3.24. The van der Waals surface area contributed by atoms with Crippen LogP contribution in [0.3, 0.4) is 0 Å². The average molecular weight is 376 g/mol. The molecule has 0 bridgehead atoms. The fraction of sp³-hybridized carbons (Fsp3) is 0.389. The van der Waals surface area contributed by atoms with Crippen LogP contribution in [-0.4, -0.2) is 38.7 Å². The molecule has 1 aliphatic rings. The molecule has 2 aromatic heterocycles. The molecule has 4 rings (SSSR count). The minimum absolute atomic E-state index is 0.0520. The molecule has 7 nitrogen and oxygen atoms in total. The first kappa shape index (κ1) is 17.4. The lowest BCUT2D eigenvalue weighted by molar-refractivity contribution is -0.0553. The number of rotatable bonds is 4. The van der Waals surface area contributed by atoms with Crippen molar-refractivity contribution >= 4 is 17.0 Å². The molecule has 1 aromatic carbocycles. The van der Waals surface area contributed by atoms with Gasteiger partial charge in [-0.1, -0.05) is 12.1 Å². The number of carbonyl (C=O) groups is 1. The second-order valence-corrected chi connectivity index (χ2v) is 6.40. The lowest BCUT2D eigenvalue weighted by atomic mass is 10.0. The van der Waals surface area contributed by atoms with Gasteiger partial charge in [0, 0.05) is 19.7 Å². The zero-order valence-corrected chi connectivity index (χ0v) is 14.6. The van der Waals surface area contributed by atoms with Gasteiger partial charge in [0.05, 0.1) is 0 Å². The lowest BCUT2D eigenvalue weighted by Crippen LogP contribution is -2.38. The predicted molar refractivity (Wildman–Crippen MR) is 91.5 cm³/mol. The van der Waals surface area contributed by atoms with Crippen LogP contribution in [0.15, 0.2) is 34.7 Å². The van der Waals surface area contributed by atoms with Crippen LogP contribution in [0.4, 0.5) is 8.78 Å². The van der Waals surface area contributed by atoms with Crippen LogP contribution in [0.1, 0.15) is 41.7 Å². The molecule has 1 saturated heterocycles. The number of hydrogen-bond acceptors (Lipinski definition) is 5. The predicted octanol–water partition coefficient (Wildman–Crippen LogP) is 3.53. The molecule has 9 heteroatoms. The molecule has 1 fully saturated rings. The molecular formula is C18H18F2N4O3. The molecule has 3 heterocycles. The van der Waals surface area contributed by atoms with Crippen molar-refractivity contribution in [3.05, 3.63) is 41.9 Å². The van der Waals surface area contributed by atoms with Gasteiger partial charge in [0.25, 0.3) is 5.91 Å². The van der Waals surface area contributed by atoms with E-state index in [1.807, 2.05) is 24.3 Å². The number of nitrogens with zero attached hydrogens (tertiary/aromatic N) is 4. The van der Waals surface area contributed by atoms with Crippen LogP contribution in [0.2, 0.25) is 0 Å². The standard InChI is InChI=1S/C18H18F2N4O3/c1-23-15(27-18(19)20)10-12(22-23)17(25)24-9-5-4-7-13(24)16-21-11-6-2-3-8-14(11)26-16/h2-3,6,8,10,13,18H,4-5,7,9H2,1H3. The number of benzene rings is 1. The van der Waals surface area contributed by atoms with Crippen molar-refractivity contribution in [2.24, 2.45) is 7.05 Å². The summed E-state index contributed by atoms with van der Waals surface area (Å²) in [5, 5.41) is 4.03. The third-order valence-corrected chi connectivity index (χ3v) is 4.62. The number of para-hydroxylation sites is 2. The van der Waals surface area contributed by atoms with Crippen molar-refractivity contribution in [2.45, 2.75) is 31.9 Å². The van der Waals surface area contributed by atoms with E-state index in [1.54, 1.807) is 4.90 Å². The van der Waals surface area contributed by atoms with Gasteiger partial charge in [-0.2, -0.15) is 13.9 Å². The number of oxazole rings is 1. The van der Waals surface area contributed by atoms with Gasteiger partial charge in [0.1, 0.15) is 11.6 Å². The summed E-state index contributed by atoms with van der Waals surface area (Å²) in [6.07, 6.45) is 2.50. The Kier molecular flexibility index (Phi) is 4.51. The first-order valence-electron chi connectivity index (χ1n) is 8.68. The van der Waals surface area contributed by atoms with Crippen LogP contribution in [0, 0.1) is 0 Å². The second-order valence-electron chi connectivity index (χ2n) is 6.40. The number of amides is 1. The van der Waals surface area contributed by atoms with E-state index in [2.05, 4.69) is 14.8 Å². The maximum absolute atomic E-state index is 13.0. The number of carbonyl (C=O) groups excluding carboxylic acids is 1. The van der Waals surface area contributed by atoms with E-state index in [1.165, 1.54) is 13.1 Å². The minimum atomic E-state index is -2.98. The van der Waals surface area contributed by atoms with E-state index in [4.69, 9.17) is 4.42 Å². The summed E-state index contributed by atoms with van der Waals surface area (Å²) in [5.74, 6) is -0.0466. The Morgan fingerprint density at radius 1 is 1.33 bits per heavy atom. The Bertz CT molecular complexity index is 936. The van der Waals surface area contributed by atoms with Crippen LogP contribution in [0.5, 0.6) is 5.88 Å². The number of piperidine rings is 1. The summed E-state index contributed by atoms with van der Waals surface area (Å²) < 4.78 is 36.3. The number of fused-ring (bicyclic) bond motifs is 1. The third-order valence-electron chi connectivity index (χ3n) is 4.62. The molecule has 0 N–H and O–H groups in total. The Balaban J connectivity index is 1.63. The van der Waals surface area contributed by atoms with Crippen molar-refractivity contribution in [3.63, 3.8) is 0 Å². The van der Waals surface area contributed by atoms with E-state index < -0.39 is 6.61 Å². The molecule has 1 unspecified atom stereocenters. The topological polar surface area (TPSA) is 73.4 Å². The number of ether oxygens (including phenoxy) is 1. The summed E-state index contributed by atoms with van der Waals surface area (Å²) in [6.45, 7) is -2.46. The monoisotopic (exact) mass is 376 g/mol. The first-order chi connectivity index (χ1) is 13.0. The Labute approximate surface area is 153 Å². The Morgan fingerprint density at radius 3 is 2.93 bits per heavy atom. The van der Waals surface area contributed by atoms with E-state index in [0.717, 1.165) is 23.0 Å². The summed E-state index contributed by atoms with van der Waals surface area (Å²) >= 11 is 0. The molecule has 0 spiro atoms. The van der Waals surface area contributed by atoms with Crippen LogP contribution < -0.4 is 4.74 Å². The molecule has 1 atom stereocenters. The summed E-state index contributed by atoms with van der Waals surface area (Å²) in [5.41, 5.74) is 1.45. The molecule has 1 amide bonds. The van der Waals surface area contributed by atoms with Crippen molar-refractivity contribution in [2.75, 3.05) is 6.54 Å². The second kappa shape index (κ2) is 6.98. The van der Waals surface area contributed by atoms with Gasteiger partial charge in [-0.25, -0.2) is 9.67 Å². The molecule has 1 aliphatic heterocycles. The molecular weight excluding hydrogens is 358 g/mol.